The van der Waals surface area contributed by atoms with E-state index in [-0.39, 0.29) is 11.8 Å². The lowest BCUT2D eigenvalue weighted by Crippen LogP contribution is -2.26. The highest BCUT2D eigenvalue weighted by Crippen LogP contribution is 2.37. The first-order chi connectivity index (χ1) is 9.31. The summed E-state index contributed by atoms with van der Waals surface area (Å²) in [5, 5.41) is 20.9. The van der Waals surface area contributed by atoms with Crippen LogP contribution >= 0.6 is 11.3 Å². The summed E-state index contributed by atoms with van der Waals surface area (Å²) in [6.45, 7) is 6.73. The number of anilines is 1. The van der Waals surface area contributed by atoms with E-state index in [1.54, 1.807) is 4.90 Å². The molecule has 1 rings (SSSR count). The van der Waals surface area contributed by atoms with Crippen molar-refractivity contribution in [3.63, 3.8) is 0 Å². The van der Waals surface area contributed by atoms with Gasteiger partial charge in [0.25, 0.3) is 0 Å². The number of carbonyl (C=O) groups is 1. The highest BCUT2D eigenvalue weighted by molar-refractivity contribution is 7.14. The number of hydrogen-bond acceptors (Lipinski definition) is 4. The summed E-state index contributed by atoms with van der Waals surface area (Å²) in [5.74, 6) is 1.64. The number of aliphatic carboxylic acids is 1. The number of carboxylic acids is 1. The topological polar surface area (TPSA) is 64.3 Å². The second kappa shape index (κ2) is 6.45. The van der Waals surface area contributed by atoms with E-state index in [0.29, 0.717) is 18.7 Å². The van der Waals surface area contributed by atoms with Gasteiger partial charge in [0.05, 0.1) is 18.5 Å². The molecule has 5 heteroatoms. The van der Waals surface area contributed by atoms with Gasteiger partial charge in [0.1, 0.15) is 11.1 Å². The van der Waals surface area contributed by atoms with Crippen LogP contribution in [0.4, 0.5) is 5.00 Å². The van der Waals surface area contributed by atoms with E-state index in [9.17, 15) is 10.1 Å². The molecular formula is C15H18N2O2S. The number of carboxylic acid groups (broad SMARTS) is 1. The third-order valence-electron chi connectivity index (χ3n) is 2.86. The quantitative estimate of drug-likeness (QED) is 0.847. The van der Waals surface area contributed by atoms with Crippen LogP contribution in [0.5, 0.6) is 0 Å². The molecular weight excluding hydrogens is 272 g/mol. The molecule has 0 aliphatic rings. The normalized spacial score (nSPS) is 10.7. The summed E-state index contributed by atoms with van der Waals surface area (Å²) >= 11 is 1.44. The minimum absolute atomic E-state index is 0.00466. The Morgan fingerprint density at radius 2 is 2.20 bits per heavy atom. The van der Waals surface area contributed by atoms with Crippen LogP contribution < -0.4 is 4.90 Å². The molecule has 1 aromatic heterocycles. The predicted molar refractivity (Wildman–Crippen MR) is 81.0 cm³/mol. The third kappa shape index (κ3) is 3.76. The van der Waals surface area contributed by atoms with Crippen LogP contribution in [0.25, 0.3) is 0 Å². The maximum atomic E-state index is 10.7. The highest BCUT2D eigenvalue weighted by Gasteiger charge is 2.24. The van der Waals surface area contributed by atoms with Crippen LogP contribution in [-0.2, 0) is 10.2 Å². The molecule has 0 aliphatic carbocycles. The minimum atomic E-state index is -0.877. The smallest absolute Gasteiger partial charge is 0.305 e. The summed E-state index contributed by atoms with van der Waals surface area (Å²) < 4.78 is 0. The molecule has 1 heterocycles. The fourth-order valence-electron chi connectivity index (χ4n) is 1.83. The molecule has 0 fully saturated rings. The zero-order valence-electron chi connectivity index (χ0n) is 11.9. The Morgan fingerprint density at radius 1 is 1.55 bits per heavy atom. The van der Waals surface area contributed by atoms with Crippen molar-refractivity contribution in [2.45, 2.75) is 32.6 Å². The molecule has 0 radical (unpaired) electrons. The lowest BCUT2D eigenvalue weighted by molar-refractivity contribution is -0.136. The first-order valence-corrected chi connectivity index (χ1v) is 7.11. The molecule has 4 nitrogen and oxygen atoms in total. The Labute approximate surface area is 123 Å². The highest BCUT2D eigenvalue weighted by atomic mass is 32.1. The van der Waals surface area contributed by atoms with Crippen LogP contribution in [0.2, 0.25) is 0 Å². The van der Waals surface area contributed by atoms with Gasteiger partial charge in [-0.15, -0.1) is 17.8 Å². The molecule has 0 unspecified atom stereocenters. The van der Waals surface area contributed by atoms with Gasteiger partial charge in [-0.05, 0) is 16.4 Å². The molecule has 0 spiro atoms. The Bertz CT molecular complexity index is 570. The van der Waals surface area contributed by atoms with Crippen LogP contribution in [0.1, 0.15) is 38.3 Å². The number of nitrogens with zero attached hydrogens (tertiary/aromatic N) is 2. The predicted octanol–water partition coefficient (Wildman–Crippen LogP) is 2.83. The molecule has 0 aliphatic heterocycles. The van der Waals surface area contributed by atoms with Gasteiger partial charge < -0.3 is 10.0 Å². The molecule has 1 N–H and O–H groups in total. The van der Waals surface area contributed by atoms with Crippen molar-refractivity contribution in [1.82, 2.24) is 0 Å². The van der Waals surface area contributed by atoms with Crippen LogP contribution in [0, 0.1) is 23.7 Å². The standard InChI is InChI=1S/C15H18N2O2S/c1-5-7-17(8-6-13(18)19)14-11(9-16)12(10-20-14)15(2,3)4/h1,10H,6-8H2,2-4H3,(H,18,19). The third-order valence-corrected chi connectivity index (χ3v) is 3.90. The van der Waals surface area contributed by atoms with Gasteiger partial charge in [0.2, 0.25) is 0 Å². The van der Waals surface area contributed by atoms with Gasteiger partial charge >= 0.3 is 5.97 Å². The lowest BCUT2D eigenvalue weighted by atomic mass is 9.86. The average Bonchev–Trinajstić information content (AvgIpc) is 2.77. The SMILES string of the molecule is C#CCN(CCC(=O)O)c1scc(C(C)(C)C)c1C#N. The Balaban J connectivity index is 3.15. The molecule has 0 amide bonds. The average molecular weight is 290 g/mol. The molecule has 0 aromatic carbocycles. The summed E-state index contributed by atoms with van der Waals surface area (Å²) in [4.78, 5) is 12.5. The monoisotopic (exact) mass is 290 g/mol. The van der Waals surface area contributed by atoms with Crippen molar-refractivity contribution in [2.24, 2.45) is 0 Å². The van der Waals surface area contributed by atoms with Crippen molar-refractivity contribution in [3.05, 3.63) is 16.5 Å². The minimum Gasteiger partial charge on any atom is -0.481 e. The fraction of sp³-hybridized carbons (Fsp3) is 0.467. The van der Waals surface area contributed by atoms with Crippen molar-refractivity contribution < 1.29 is 9.90 Å². The number of hydrogen-bond donors (Lipinski definition) is 1. The molecule has 0 saturated carbocycles. The van der Waals surface area contributed by atoms with Crippen molar-refractivity contribution >= 4 is 22.3 Å². The zero-order valence-corrected chi connectivity index (χ0v) is 12.8. The van der Waals surface area contributed by atoms with Gasteiger partial charge in [-0.3, -0.25) is 4.79 Å². The van der Waals surface area contributed by atoms with Gasteiger partial charge in [-0.2, -0.15) is 5.26 Å². The van der Waals surface area contributed by atoms with Crippen LogP contribution in [-0.4, -0.2) is 24.2 Å². The Hall–Kier alpha value is -1.98. The van der Waals surface area contributed by atoms with Crippen molar-refractivity contribution in [1.29, 1.82) is 5.26 Å². The summed E-state index contributed by atoms with van der Waals surface area (Å²) in [6.07, 6.45) is 5.34. The van der Waals surface area contributed by atoms with Crippen LogP contribution in [0.3, 0.4) is 0 Å². The largest absolute Gasteiger partial charge is 0.481 e. The summed E-state index contributed by atoms with van der Waals surface area (Å²) in [7, 11) is 0. The van der Waals surface area contributed by atoms with Crippen LogP contribution in [0.15, 0.2) is 5.38 Å². The van der Waals surface area contributed by atoms with Crippen molar-refractivity contribution in [3.8, 4) is 18.4 Å². The lowest BCUT2D eigenvalue weighted by Gasteiger charge is -2.22. The second-order valence-electron chi connectivity index (χ2n) is 5.46. The first-order valence-electron chi connectivity index (χ1n) is 6.23. The molecule has 20 heavy (non-hydrogen) atoms. The molecule has 0 saturated heterocycles. The number of terminal acetylenes is 1. The maximum absolute atomic E-state index is 10.7. The zero-order chi connectivity index (χ0) is 15.3. The van der Waals surface area contributed by atoms with E-state index in [1.807, 2.05) is 26.2 Å². The molecule has 1 aromatic rings. The van der Waals surface area contributed by atoms with Gasteiger partial charge in [-0.1, -0.05) is 26.7 Å². The van der Waals surface area contributed by atoms with Gasteiger partial charge in [0.15, 0.2) is 0 Å². The fourth-order valence-corrected chi connectivity index (χ4v) is 3.11. The number of nitriles is 1. The van der Waals surface area contributed by atoms with E-state index in [4.69, 9.17) is 11.5 Å². The molecule has 0 atom stereocenters. The summed E-state index contributed by atoms with van der Waals surface area (Å²) in [5.41, 5.74) is 1.44. The molecule has 106 valence electrons. The van der Waals surface area contributed by atoms with E-state index in [0.717, 1.165) is 10.6 Å². The van der Waals surface area contributed by atoms with E-state index >= 15 is 0 Å². The van der Waals surface area contributed by atoms with Gasteiger partial charge in [-0.25, -0.2) is 0 Å². The molecule has 0 bridgehead atoms. The Kier molecular flexibility index (Phi) is 5.19. The number of thiophene rings is 1. The maximum Gasteiger partial charge on any atom is 0.305 e. The van der Waals surface area contributed by atoms with E-state index in [2.05, 4.69) is 12.0 Å². The number of rotatable bonds is 5. The summed E-state index contributed by atoms with van der Waals surface area (Å²) in [6, 6.07) is 2.23. The first kappa shape index (κ1) is 16.1. The van der Waals surface area contributed by atoms with E-state index < -0.39 is 5.97 Å². The Morgan fingerprint density at radius 3 is 2.65 bits per heavy atom. The van der Waals surface area contributed by atoms with Crippen molar-refractivity contribution in [2.75, 3.05) is 18.0 Å². The van der Waals surface area contributed by atoms with Gasteiger partial charge in [0, 0.05) is 6.54 Å². The second-order valence-corrected chi connectivity index (χ2v) is 6.32. The van der Waals surface area contributed by atoms with E-state index in [1.165, 1.54) is 11.3 Å².